The standard InChI is InChI=1S/C14H15BrN2O/c15-11-4-2-10(3-5-11)12-8-16-13(17-12)14(9-18)6-1-7-14/h2-5,8,18H,1,6-7,9H2,(H,16,17). The van der Waals surface area contributed by atoms with Gasteiger partial charge in [0, 0.05) is 4.47 Å². The quantitative estimate of drug-likeness (QED) is 0.914. The fourth-order valence-corrected chi connectivity index (χ4v) is 2.70. The van der Waals surface area contributed by atoms with Crippen molar-refractivity contribution in [2.45, 2.75) is 24.7 Å². The van der Waals surface area contributed by atoms with Crippen LogP contribution in [0.15, 0.2) is 34.9 Å². The van der Waals surface area contributed by atoms with Gasteiger partial charge in [-0.2, -0.15) is 0 Å². The van der Waals surface area contributed by atoms with Gasteiger partial charge in [0.1, 0.15) is 5.82 Å². The fraction of sp³-hybridized carbons (Fsp3) is 0.357. The van der Waals surface area contributed by atoms with Crippen LogP contribution in [0.25, 0.3) is 11.3 Å². The molecule has 4 heteroatoms. The van der Waals surface area contributed by atoms with E-state index in [1.807, 2.05) is 30.5 Å². The summed E-state index contributed by atoms with van der Waals surface area (Å²) >= 11 is 3.43. The molecule has 0 radical (unpaired) electrons. The van der Waals surface area contributed by atoms with E-state index in [0.717, 1.165) is 34.4 Å². The Labute approximate surface area is 114 Å². The fourth-order valence-electron chi connectivity index (χ4n) is 2.44. The first kappa shape index (κ1) is 11.9. The van der Waals surface area contributed by atoms with Gasteiger partial charge in [0.2, 0.25) is 0 Å². The average molecular weight is 307 g/mol. The maximum absolute atomic E-state index is 9.54. The molecule has 0 amide bonds. The highest BCUT2D eigenvalue weighted by Crippen LogP contribution is 2.42. The molecule has 1 aromatic carbocycles. The van der Waals surface area contributed by atoms with Crippen molar-refractivity contribution in [2.24, 2.45) is 0 Å². The van der Waals surface area contributed by atoms with E-state index >= 15 is 0 Å². The third-order valence-electron chi connectivity index (χ3n) is 3.85. The van der Waals surface area contributed by atoms with Gasteiger partial charge in [-0.25, -0.2) is 4.98 Å². The molecule has 2 aromatic rings. The number of aliphatic hydroxyl groups is 1. The minimum absolute atomic E-state index is 0.117. The monoisotopic (exact) mass is 306 g/mol. The molecule has 1 aliphatic carbocycles. The van der Waals surface area contributed by atoms with Crippen LogP contribution in [-0.4, -0.2) is 21.7 Å². The number of rotatable bonds is 3. The predicted molar refractivity (Wildman–Crippen MR) is 74.3 cm³/mol. The number of hydrogen-bond acceptors (Lipinski definition) is 2. The second-order valence-electron chi connectivity index (χ2n) is 4.94. The highest BCUT2D eigenvalue weighted by atomic mass is 79.9. The lowest BCUT2D eigenvalue weighted by atomic mass is 9.69. The summed E-state index contributed by atoms with van der Waals surface area (Å²) in [5.41, 5.74) is 2.01. The number of benzene rings is 1. The third-order valence-corrected chi connectivity index (χ3v) is 4.38. The van der Waals surface area contributed by atoms with Crippen molar-refractivity contribution < 1.29 is 5.11 Å². The summed E-state index contributed by atoms with van der Waals surface area (Å²) in [5.74, 6) is 0.925. The number of aromatic nitrogens is 2. The van der Waals surface area contributed by atoms with Gasteiger partial charge >= 0.3 is 0 Å². The molecule has 94 valence electrons. The number of nitrogens with zero attached hydrogens (tertiary/aromatic N) is 1. The van der Waals surface area contributed by atoms with Gasteiger partial charge in [-0.15, -0.1) is 0 Å². The molecular formula is C14H15BrN2O. The molecule has 0 unspecified atom stereocenters. The molecule has 3 nitrogen and oxygen atoms in total. The molecule has 18 heavy (non-hydrogen) atoms. The van der Waals surface area contributed by atoms with E-state index in [-0.39, 0.29) is 12.0 Å². The summed E-state index contributed by atoms with van der Waals surface area (Å²) in [5, 5.41) is 9.54. The van der Waals surface area contributed by atoms with Crippen molar-refractivity contribution >= 4 is 15.9 Å². The van der Waals surface area contributed by atoms with Crippen LogP contribution in [0, 0.1) is 0 Å². The lowest BCUT2D eigenvalue weighted by molar-refractivity contribution is 0.113. The minimum atomic E-state index is -0.117. The Morgan fingerprint density at radius 3 is 2.56 bits per heavy atom. The highest BCUT2D eigenvalue weighted by Gasteiger charge is 2.40. The Bertz CT molecular complexity index is 538. The number of aliphatic hydroxyl groups excluding tert-OH is 1. The lowest BCUT2D eigenvalue weighted by Gasteiger charge is -2.38. The summed E-state index contributed by atoms with van der Waals surface area (Å²) in [4.78, 5) is 7.81. The van der Waals surface area contributed by atoms with Crippen LogP contribution in [0.2, 0.25) is 0 Å². The molecule has 1 aliphatic rings. The number of aromatic amines is 1. The molecule has 0 saturated heterocycles. The molecule has 0 bridgehead atoms. The second kappa shape index (κ2) is 4.52. The number of halogens is 1. The SMILES string of the molecule is OCC1(c2ncc(-c3ccc(Br)cc3)[nH]2)CCC1. The molecular weight excluding hydrogens is 292 g/mol. The zero-order valence-corrected chi connectivity index (χ0v) is 11.6. The Kier molecular flexibility index (Phi) is 2.99. The van der Waals surface area contributed by atoms with E-state index in [0.29, 0.717) is 0 Å². The molecule has 1 aromatic heterocycles. The summed E-state index contributed by atoms with van der Waals surface area (Å²) in [7, 11) is 0. The summed E-state index contributed by atoms with van der Waals surface area (Å²) in [6.45, 7) is 0.181. The number of nitrogens with one attached hydrogen (secondary N) is 1. The Morgan fingerprint density at radius 2 is 2.00 bits per heavy atom. The zero-order chi connectivity index (χ0) is 12.6. The molecule has 2 N–H and O–H groups in total. The first-order valence-electron chi connectivity index (χ1n) is 6.16. The topological polar surface area (TPSA) is 48.9 Å². The van der Waals surface area contributed by atoms with E-state index < -0.39 is 0 Å². The van der Waals surface area contributed by atoms with Crippen LogP contribution in [-0.2, 0) is 5.41 Å². The van der Waals surface area contributed by atoms with Gasteiger partial charge in [-0.1, -0.05) is 34.5 Å². The molecule has 0 atom stereocenters. The van der Waals surface area contributed by atoms with Crippen molar-refractivity contribution in [1.29, 1.82) is 0 Å². The first-order chi connectivity index (χ1) is 8.73. The van der Waals surface area contributed by atoms with Crippen molar-refractivity contribution in [3.05, 3.63) is 40.8 Å². The van der Waals surface area contributed by atoms with E-state index in [1.165, 1.54) is 6.42 Å². The van der Waals surface area contributed by atoms with Crippen LogP contribution in [0.1, 0.15) is 25.1 Å². The number of imidazole rings is 1. The minimum Gasteiger partial charge on any atom is -0.395 e. The number of H-pyrrole nitrogens is 1. The van der Waals surface area contributed by atoms with Gasteiger partial charge < -0.3 is 10.1 Å². The first-order valence-corrected chi connectivity index (χ1v) is 6.95. The highest BCUT2D eigenvalue weighted by molar-refractivity contribution is 9.10. The van der Waals surface area contributed by atoms with Crippen LogP contribution < -0.4 is 0 Å². The summed E-state index contributed by atoms with van der Waals surface area (Å²) < 4.78 is 1.07. The van der Waals surface area contributed by atoms with Crippen molar-refractivity contribution in [3.8, 4) is 11.3 Å². The van der Waals surface area contributed by atoms with E-state index in [1.54, 1.807) is 0 Å². The molecule has 0 spiro atoms. The smallest absolute Gasteiger partial charge is 0.115 e. The molecule has 1 heterocycles. The molecule has 0 aliphatic heterocycles. The van der Waals surface area contributed by atoms with E-state index in [9.17, 15) is 5.11 Å². The largest absolute Gasteiger partial charge is 0.395 e. The van der Waals surface area contributed by atoms with Crippen molar-refractivity contribution in [3.63, 3.8) is 0 Å². The Hall–Kier alpha value is -1.13. The number of hydrogen-bond donors (Lipinski definition) is 2. The maximum Gasteiger partial charge on any atom is 0.115 e. The van der Waals surface area contributed by atoms with Crippen LogP contribution in [0.4, 0.5) is 0 Å². The van der Waals surface area contributed by atoms with Gasteiger partial charge in [-0.3, -0.25) is 0 Å². The lowest BCUT2D eigenvalue weighted by Crippen LogP contribution is -2.39. The predicted octanol–water partition coefficient (Wildman–Crippen LogP) is 3.25. The van der Waals surface area contributed by atoms with Crippen LogP contribution in [0.5, 0.6) is 0 Å². The van der Waals surface area contributed by atoms with E-state index in [4.69, 9.17) is 0 Å². The van der Waals surface area contributed by atoms with Gasteiger partial charge in [0.05, 0.1) is 23.9 Å². The second-order valence-corrected chi connectivity index (χ2v) is 5.86. The van der Waals surface area contributed by atoms with Crippen LogP contribution in [0.3, 0.4) is 0 Å². The zero-order valence-electron chi connectivity index (χ0n) is 9.99. The van der Waals surface area contributed by atoms with Gasteiger partial charge in [-0.05, 0) is 30.5 Å². The Morgan fingerprint density at radius 1 is 1.28 bits per heavy atom. The molecule has 3 rings (SSSR count). The van der Waals surface area contributed by atoms with Crippen molar-refractivity contribution in [1.82, 2.24) is 9.97 Å². The van der Waals surface area contributed by atoms with Crippen LogP contribution >= 0.6 is 15.9 Å². The van der Waals surface area contributed by atoms with Crippen molar-refractivity contribution in [2.75, 3.05) is 6.61 Å². The Balaban J connectivity index is 1.91. The normalized spacial score (nSPS) is 17.4. The molecule has 1 fully saturated rings. The average Bonchev–Trinajstić information content (AvgIpc) is 2.79. The maximum atomic E-state index is 9.54. The third kappa shape index (κ3) is 1.89. The van der Waals surface area contributed by atoms with Gasteiger partial charge in [0.15, 0.2) is 0 Å². The van der Waals surface area contributed by atoms with Gasteiger partial charge in [0.25, 0.3) is 0 Å². The summed E-state index contributed by atoms with van der Waals surface area (Å²) in [6, 6.07) is 8.13. The summed E-state index contributed by atoms with van der Waals surface area (Å²) in [6.07, 6.45) is 5.08. The molecule has 1 saturated carbocycles. The van der Waals surface area contributed by atoms with E-state index in [2.05, 4.69) is 25.9 Å².